The number of aromatic amines is 1. The molecule has 0 aliphatic rings. The monoisotopic (exact) mass is 384 g/mol. The number of nitrogens with one attached hydrogen (secondary N) is 2. The molecule has 3 aromatic rings. The van der Waals surface area contributed by atoms with E-state index in [0.717, 1.165) is 16.5 Å². The number of aromatic nitrogens is 1. The summed E-state index contributed by atoms with van der Waals surface area (Å²) in [5.74, 6) is -0.996. The predicted molar refractivity (Wildman–Crippen MR) is 104 cm³/mol. The van der Waals surface area contributed by atoms with E-state index in [9.17, 15) is 14.4 Å². The molecule has 2 aromatic heterocycles. The van der Waals surface area contributed by atoms with E-state index in [-0.39, 0.29) is 31.1 Å². The second-order valence-corrected chi connectivity index (χ2v) is 6.97. The normalized spacial score (nSPS) is 10.7. The van der Waals surface area contributed by atoms with Gasteiger partial charge in [0.1, 0.15) is 0 Å². The molecule has 0 aliphatic carbocycles. The van der Waals surface area contributed by atoms with E-state index in [0.29, 0.717) is 17.8 Å². The largest absolute Gasteiger partial charge is 0.456 e. The lowest BCUT2D eigenvalue weighted by atomic mass is 10.1. The quantitative estimate of drug-likeness (QED) is 0.438. The minimum atomic E-state index is -0.549. The maximum atomic E-state index is 11.8. The van der Waals surface area contributed by atoms with Gasteiger partial charge in [-0.05, 0) is 29.5 Å². The Balaban J connectivity index is 1.33. The van der Waals surface area contributed by atoms with Gasteiger partial charge in [0.05, 0.1) is 11.3 Å². The molecule has 7 heteroatoms. The van der Waals surface area contributed by atoms with Gasteiger partial charge in [-0.2, -0.15) is 0 Å². The summed E-state index contributed by atoms with van der Waals surface area (Å²) >= 11 is 1.34. The zero-order chi connectivity index (χ0) is 19.1. The molecule has 0 unspecified atom stereocenters. The molecule has 27 heavy (non-hydrogen) atoms. The Morgan fingerprint density at radius 2 is 1.93 bits per heavy atom. The third kappa shape index (κ3) is 5.27. The van der Waals surface area contributed by atoms with Crippen molar-refractivity contribution in [2.24, 2.45) is 0 Å². The number of Topliss-reactive ketones (excluding diaryl/α,β-unsaturated/α-hetero) is 1. The van der Waals surface area contributed by atoms with Crippen LogP contribution in [0, 0.1) is 0 Å². The third-order valence-electron chi connectivity index (χ3n) is 4.11. The van der Waals surface area contributed by atoms with Gasteiger partial charge in [-0.25, -0.2) is 0 Å². The number of hydrogen-bond acceptors (Lipinski definition) is 5. The number of amides is 1. The predicted octanol–water partition coefficient (Wildman–Crippen LogP) is 3.09. The number of para-hydroxylation sites is 1. The molecule has 0 radical (unpaired) electrons. The highest BCUT2D eigenvalue weighted by Crippen LogP contribution is 2.17. The Morgan fingerprint density at radius 3 is 2.74 bits per heavy atom. The van der Waals surface area contributed by atoms with E-state index in [1.54, 1.807) is 12.1 Å². The second-order valence-electron chi connectivity index (χ2n) is 6.02. The van der Waals surface area contributed by atoms with Gasteiger partial charge in [-0.15, -0.1) is 11.3 Å². The summed E-state index contributed by atoms with van der Waals surface area (Å²) in [5.41, 5.74) is 2.18. The Morgan fingerprint density at radius 1 is 1.07 bits per heavy atom. The third-order valence-corrected chi connectivity index (χ3v) is 5.02. The Hall–Kier alpha value is -2.93. The van der Waals surface area contributed by atoms with Crippen LogP contribution in [0.25, 0.3) is 10.9 Å². The fourth-order valence-corrected chi connectivity index (χ4v) is 3.41. The van der Waals surface area contributed by atoms with E-state index in [2.05, 4.69) is 10.3 Å². The van der Waals surface area contributed by atoms with Gasteiger partial charge in [0, 0.05) is 30.1 Å². The van der Waals surface area contributed by atoms with Crippen molar-refractivity contribution in [3.8, 4) is 0 Å². The van der Waals surface area contributed by atoms with Gasteiger partial charge in [0.2, 0.25) is 0 Å². The zero-order valence-electron chi connectivity index (χ0n) is 14.7. The van der Waals surface area contributed by atoms with Crippen LogP contribution in [-0.2, 0) is 20.7 Å². The molecule has 0 saturated carbocycles. The number of carbonyl (C=O) groups is 3. The lowest BCUT2D eigenvalue weighted by molar-refractivity contribution is -0.148. The van der Waals surface area contributed by atoms with Crippen molar-refractivity contribution in [3.05, 3.63) is 58.4 Å². The molecule has 140 valence electrons. The number of ether oxygens (including phenoxy) is 1. The first-order chi connectivity index (χ1) is 13.1. The van der Waals surface area contributed by atoms with Crippen LogP contribution in [0.3, 0.4) is 0 Å². The molecule has 0 spiro atoms. The van der Waals surface area contributed by atoms with Crippen LogP contribution in [0.2, 0.25) is 0 Å². The van der Waals surface area contributed by atoms with Crippen LogP contribution >= 0.6 is 11.3 Å². The second kappa shape index (κ2) is 9.14. The van der Waals surface area contributed by atoms with Crippen LogP contribution in [0.4, 0.5) is 0 Å². The summed E-state index contributed by atoms with van der Waals surface area (Å²) in [6.07, 6.45) is 2.67. The highest BCUT2D eigenvalue weighted by Gasteiger charge is 2.12. The molecule has 0 atom stereocenters. The SMILES string of the molecule is O=C(COC(=O)CCC(=O)c1cccs1)NCCc1c[nH]c2ccccc12. The Kier molecular flexibility index (Phi) is 6.38. The van der Waals surface area contributed by atoms with Gasteiger partial charge in [0.15, 0.2) is 12.4 Å². The van der Waals surface area contributed by atoms with Crippen molar-refractivity contribution in [2.75, 3.05) is 13.2 Å². The average molecular weight is 384 g/mol. The Bertz CT molecular complexity index is 931. The van der Waals surface area contributed by atoms with E-state index >= 15 is 0 Å². The number of hydrogen-bond donors (Lipinski definition) is 2. The van der Waals surface area contributed by atoms with Crippen LogP contribution in [0.5, 0.6) is 0 Å². The number of carbonyl (C=O) groups excluding carboxylic acids is 3. The standard InChI is InChI=1S/C20H20N2O4S/c23-17(18-6-3-11-27-18)7-8-20(25)26-13-19(24)21-10-9-14-12-22-16-5-2-1-4-15(14)16/h1-6,11-12,22H,7-10,13H2,(H,21,24). The molecule has 1 amide bonds. The molecule has 3 rings (SSSR count). The highest BCUT2D eigenvalue weighted by atomic mass is 32.1. The van der Waals surface area contributed by atoms with Crippen molar-refractivity contribution < 1.29 is 19.1 Å². The van der Waals surface area contributed by atoms with Crippen molar-refractivity contribution in [1.29, 1.82) is 0 Å². The van der Waals surface area contributed by atoms with Crippen molar-refractivity contribution in [1.82, 2.24) is 10.3 Å². The van der Waals surface area contributed by atoms with Crippen LogP contribution in [0.15, 0.2) is 48.0 Å². The van der Waals surface area contributed by atoms with Crippen molar-refractivity contribution in [2.45, 2.75) is 19.3 Å². The number of rotatable bonds is 9. The van der Waals surface area contributed by atoms with Crippen molar-refractivity contribution in [3.63, 3.8) is 0 Å². The van der Waals surface area contributed by atoms with E-state index in [1.807, 2.05) is 35.8 Å². The zero-order valence-corrected chi connectivity index (χ0v) is 15.5. The number of ketones is 1. The minimum absolute atomic E-state index is 0.0284. The van der Waals surface area contributed by atoms with Crippen LogP contribution in [0.1, 0.15) is 28.1 Å². The Labute approximate surface area is 160 Å². The molecular formula is C20H20N2O4S. The lowest BCUT2D eigenvalue weighted by Gasteiger charge is -2.06. The number of H-pyrrole nitrogens is 1. The average Bonchev–Trinajstić information content (AvgIpc) is 3.35. The summed E-state index contributed by atoms with van der Waals surface area (Å²) in [7, 11) is 0. The number of thiophene rings is 1. The van der Waals surface area contributed by atoms with Gasteiger partial charge in [-0.1, -0.05) is 24.3 Å². The summed E-state index contributed by atoms with van der Waals surface area (Å²) in [6.45, 7) is 0.120. The lowest BCUT2D eigenvalue weighted by Crippen LogP contribution is -2.30. The number of esters is 1. The van der Waals surface area contributed by atoms with Crippen LogP contribution < -0.4 is 5.32 Å². The first-order valence-electron chi connectivity index (χ1n) is 8.67. The van der Waals surface area contributed by atoms with Crippen LogP contribution in [-0.4, -0.2) is 35.8 Å². The first kappa shape index (κ1) is 18.8. The molecule has 0 bridgehead atoms. The highest BCUT2D eigenvalue weighted by molar-refractivity contribution is 7.12. The summed E-state index contributed by atoms with van der Waals surface area (Å²) in [5, 5.41) is 5.68. The molecule has 2 N–H and O–H groups in total. The molecule has 2 heterocycles. The summed E-state index contributed by atoms with van der Waals surface area (Å²) in [6, 6.07) is 11.5. The molecule has 0 saturated heterocycles. The van der Waals surface area contributed by atoms with E-state index < -0.39 is 5.97 Å². The number of benzene rings is 1. The summed E-state index contributed by atoms with van der Waals surface area (Å²) in [4.78, 5) is 39.1. The van der Waals surface area contributed by atoms with Gasteiger partial charge >= 0.3 is 5.97 Å². The summed E-state index contributed by atoms with van der Waals surface area (Å²) < 4.78 is 4.92. The molecule has 1 aromatic carbocycles. The van der Waals surface area contributed by atoms with Crippen molar-refractivity contribution >= 4 is 39.9 Å². The maximum Gasteiger partial charge on any atom is 0.306 e. The van der Waals surface area contributed by atoms with Gasteiger partial charge in [0.25, 0.3) is 5.91 Å². The fraction of sp³-hybridized carbons (Fsp3) is 0.250. The topological polar surface area (TPSA) is 88.3 Å². The molecular weight excluding hydrogens is 364 g/mol. The first-order valence-corrected chi connectivity index (χ1v) is 9.55. The van der Waals surface area contributed by atoms with E-state index in [4.69, 9.17) is 4.74 Å². The van der Waals surface area contributed by atoms with E-state index in [1.165, 1.54) is 11.3 Å². The minimum Gasteiger partial charge on any atom is -0.456 e. The molecule has 6 nitrogen and oxygen atoms in total. The fourth-order valence-electron chi connectivity index (χ4n) is 2.72. The number of fused-ring (bicyclic) bond motifs is 1. The molecule has 0 aliphatic heterocycles. The van der Waals surface area contributed by atoms with Gasteiger partial charge < -0.3 is 15.0 Å². The molecule has 0 fully saturated rings. The van der Waals surface area contributed by atoms with Gasteiger partial charge in [-0.3, -0.25) is 14.4 Å². The maximum absolute atomic E-state index is 11.8. The smallest absolute Gasteiger partial charge is 0.306 e.